The molecule has 0 radical (unpaired) electrons. The lowest BCUT2D eigenvalue weighted by atomic mass is 9.91. The van der Waals surface area contributed by atoms with E-state index >= 15 is 0 Å². The van der Waals surface area contributed by atoms with Crippen LogP contribution in [0.5, 0.6) is 0 Å². The minimum atomic E-state index is 0.126. The van der Waals surface area contributed by atoms with E-state index in [1.54, 1.807) is 0 Å². The summed E-state index contributed by atoms with van der Waals surface area (Å²) >= 11 is 1.90. The Morgan fingerprint density at radius 1 is 1.30 bits per heavy atom. The fourth-order valence-electron chi connectivity index (χ4n) is 2.47. The molecule has 0 spiro atoms. The van der Waals surface area contributed by atoms with Crippen molar-refractivity contribution in [1.82, 2.24) is 10.3 Å². The average molecular weight is 295 g/mol. The zero-order valence-corrected chi connectivity index (χ0v) is 14.4. The third-order valence-corrected chi connectivity index (χ3v) is 4.72. The van der Waals surface area contributed by atoms with Gasteiger partial charge < -0.3 is 10.2 Å². The summed E-state index contributed by atoms with van der Waals surface area (Å²) in [7, 11) is 0. The quantitative estimate of drug-likeness (QED) is 0.826. The molecule has 0 bridgehead atoms. The molecule has 2 rings (SSSR count). The lowest BCUT2D eigenvalue weighted by Gasteiger charge is -2.21. The number of nitrogens with one attached hydrogen (secondary N) is 1. The van der Waals surface area contributed by atoms with E-state index < -0.39 is 0 Å². The highest BCUT2D eigenvalue weighted by Gasteiger charge is 2.32. The molecule has 0 aromatic carbocycles. The second-order valence-corrected chi connectivity index (χ2v) is 7.79. The summed E-state index contributed by atoms with van der Waals surface area (Å²) in [6.07, 6.45) is 3.88. The van der Waals surface area contributed by atoms with Crippen molar-refractivity contribution < 1.29 is 0 Å². The van der Waals surface area contributed by atoms with Crippen LogP contribution in [0.2, 0.25) is 0 Å². The molecule has 0 amide bonds. The molecule has 4 heteroatoms. The summed E-state index contributed by atoms with van der Waals surface area (Å²) in [4.78, 5) is 8.97. The van der Waals surface area contributed by atoms with Gasteiger partial charge in [0.2, 0.25) is 0 Å². The van der Waals surface area contributed by atoms with Crippen LogP contribution in [-0.4, -0.2) is 24.1 Å². The van der Waals surface area contributed by atoms with Gasteiger partial charge in [0.15, 0.2) is 5.13 Å². The molecule has 0 atom stereocenters. The molecule has 1 saturated carbocycles. The summed E-state index contributed by atoms with van der Waals surface area (Å²) in [5.41, 5.74) is 1.40. The Hall–Kier alpha value is -0.610. The van der Waals surface area contributed by atoms with Gasteiger partial charge in [-0.25, -0.2) is 4.98 Å². The molecule has 0 aliphatic heterocycles. The maximum absolute atomic E-state index is 5.02. The lowest BCUT2D eigenvalue weighted by molar-refractivity contribution is 0.560. The van der Waals surface area contributed by atoms with Gasteiger partial charge in [0, 0.05) is 29.4 Å². The van der Waals surface area contributed by atoms with Crippen LogP contribution in [0, 0.1) is 0 Å². The minimum Gasteiger partial charge on any atom is -0.345 e. The molecule has 3 nitrogen and oxygen atoms in total. The van der Waals surface area contributed by atoms with E-state index in [9.17, 15) is 0 Å². The molecule has 114 valence electrons. The number of rotatable bonds is 7. The summed E-state index contributed by atoms with van der Waals surface area (Å²) in [5, 5.41) is 4.70. The zero-order chi connectivity index (χ0) is 14.8. The monoisotopic (exact) mass is 295 g/mol. The van der Waals surface area contributed by atoms with Crippen molar-refractivity contribution in [2.75, 3.05) is 18.0 Å². The first-order chi connectivity index (χ1) is 9.47. The smallest absolute Gasteiger partial charge is 0.186 e. The molecule has 1 fully saturated rings. The predicted molar refractivity (Wildman–Crippen MR) is 88.9 cm³/mol. The van der Waals surface area contributed by atoms with E-state index in [2.05, 4.69) is 44.8 Å². The molecule has 1 aliphatic carbocycles. The molecule has 1 N–H and O–H groups in total. The Morgan fingerprint density at radius 3 is 2.50 bits per heavy atom. The standard InChI is InChI=1S/C16H29N3S/c1-6-10-19(12-8-9-12)15-18-14(16(3,4)5)13(20-15)11-17-7-2/h12,17H,6-11H2,1-5H3. The highest BCUT2D eigenvalue weighted by Crippen LogP contribution is 2.38. The maximum Gasteiger partial charge on any atom is 0.186 e. The van der Waals surface area contributed by atoms with Gasteiger partial charge in [-0.3, -0.25) is 0 Å². The van der Waals surface area contributed by atoms with Gasteiger partial charge in [-0.2, -0.15) is 0 Å². The molecule has 20 heavy (non-hydrogen) atoms. The van der Waals surface area contributed by atoms with Crippen molar-refractivity contribution in [3.8, 4) is 0 Å². The van der Waals surface area contributed by atoms with Crippen LogP contribution in [0.4, 0.5) is 5.13 Å². The fraction of sp³-hybridized carbons (Fsp3) is 0.812. The van der Waals surface area contributed by atoms with E-state index in [0.717, 1.165) is 25.7 Å². The molecule has 0 saturated heterocycles. The molecule has 1 aromatic heterocycles. The third kappa shape index (κ3) is 3.73. The first kappa shape index (κ1) is 15.8. The highest BCUT2D eigenvalue weighted by molar-refractivity contribution is 7.15. The minimum absolute atomic E-state index is 0.126. The van der Waals surface area contributed by atoms with Gasteiger partial charge in [0.05, 0.1) is 5.69 Å². The van der Waals surface area contributed by atoms with Crippen molar-refractivity contribution in [1.29, 1.82) is 0 Å². The summed E-state index contributed by atoms with van der Waals surface area (Å²) in [5.74, 6) is 0. The fourth-order valence-corrected chi connectivity index (χ4v) is 3.81. The van der Waals surface area contributed by atoms with E-state index in [4.69, 9.17) is 4.98 Å². The summed E-state index contributed by atoms with van der Waals surface area (Å²) < 4.78 is 0. The third-order valence-electron chi connectivity index (χ3n) is 3.63. The molecule has 0 unspecified atom stereocenters. The molecule has 1 aliphatic rings. The van der Waals surface area contributed by atoms with E-state index in [1.165, 1.54) is 35.0 Å². The molecule has 1 heterocycles. The Morgan fingerprint density at radius 2 is 2.00 bits per heavy atom. The van der Waals surface area contributed by atoms with Crippen LogP contribution in [0.25, 0.3) is 0 Å². The van der Waals surface area contributed by atoms with Crippen molar-refractivity contribution in [2.24, 2.45) is 0 Å². The average Bonchev–Trinajstić information content (AvgIpc) is 3.11. The first-order valence-electron chi connectivity index (χ1n) is 7.94. The molecular formula is C16H29N3S. The number of anilines is 1. The van der Waals surface area contributed by atoms with Crippen molar-refractivity contribution in [2.45, 2.75) is 71.9 Å². The van der Waals surface area contributed by atoms with Gasteiger partial charge in [0.1, 0.15) is 0 Å². The normalized spacial score (nSPS) is 15.7. The topological polar surface area (TPSA) is 28.2 Å². The predicted octanol–water partition coefficient (Wildman–Crippen LogP) is 3.93. The number of hydrogen-bond donors (Lipinski definition) is 1. The lowest BCUT2D eigenvalue weighted by Crippen LogP contribution is -2.26. The van der Waals surface area contributed by atoms with Gasteiger partial charge in [-0.15, -0.1) is 11.3 Å². The van der Waals surface area contributed by atoms with Crippen LogP contribution in [0.15, 0.2) is 0 Å². The highest BCUT2D eigenvalue weighted by atomic mass is 32.1. The number of nitrogens with zero attached hydrogens (tertiary/aromatic N) is 2. The van der Waals surface area contributed by atoms with Gasteiger partial charge in [-0.05, 0) is 25.8 Å². The van der Waals surface area contributed by atoms with Crippen molar-refractivity contribution in [3.05, 3.63) is 10.6 Å². The largest absolute Gasteiger partial charge is 0.345 e. The van der Waals surface area contributed by atoms with Crippen LogP contribution in [0.1, 0.15) is 64.5 Å². The van der Waals surface area contributed by atoms with Gasteiger partial charge in [0.25, 0.3) is 0 Å². The number of hydrogen-bond acceptors (Lipinski definition) is 4. The molecular weight excluding hydrogens is 266 g/mol. The number of aromatic nitrogens is 1. The maximum atomic E-state index is 5.02. The Balaban J connectivity index is 2.26. The first-order valence-corrected chi connectivity index (χ1v) is 8.76. The van der Waals surface area contributed by atoms with Crippen molar-refractivity contribution >= 4 is 16.5 Å². The van der Waals surface area contributed by atoms with E-state index in [0.29, 0.717) is 0 Å². The van der Waals surface area contributed by atoms with Gasteiger partial charge >= 0.3 is 0 Å². The molecule has 1 aromatic rings. The van der Waals surface area contributed by atoms with Crippen LogP contribution >= 0.6 is 11.3 Å². The second-order valence-electron chi connectivity index (χ2n) is 6.72. The second kappa shape index (κ2) is 6.44. The van der Waals surface area contributed by atoms with Gasteiger partial charge in [-0.1, -0.05) is 34.6 Å². The van der Waals surface area contributed by atoms with E-state index in [-0.39, 0.29) is 5.41 Å². The Labute approximate surface area is 127 Å². The van der Waals surface area contributed by atoms with Crippen LogP contribution in [0.3, 0.4) is 0 Å². The SMILES string of the molecule is CCCN(c1nc(C(C)(C)C)c(CNCC)s1)C1CC1. The Kier molecular flexibility index (Phi) is 5.08. The van der Waals surface area contributed by atoms with Crippen LogP contribution in [-0.2, 0) is 12.0 Å². The summed E-state index contributed by atoms with van der Waals surface area (Å²) in [6.45, 7) is 14.3. The zero-order valence-electron chi connectivity index (χ0n) is 13.6. The van der Waals surface area contributed by atoms with E-state index in [1.807, 2.05) is 11.3 Å². The van der Waals surface area contributed by atoms with Crippen molar-refractivity contribution in [3.63, 3.8) is 0 Å². The summed E-state index contributed by atoms with van der Waals surface area (Å²) in [6, 6.07) is 0.751. The Bertz CT molecular complexity index is 429. The van der Waals surface area contributed by atoms with Crippen LogP contribution < -0.4 is 10.2 Å². The number of thiazole rings is 1.